The van der Waals surface area contributed by atoms with Gasteiger partial charge in [-0.3, -0.25) is 4.79 Å². The number of nitrogens with zero attached hydrogens (tertiary/aromatic N) is 4. The summed E-state index contributed by atoms with van der Waals surface area (Å²) in [5, 5.41) is 4.48. The number of furan rings is 1. The predicted octanol–water partition coefficient (Wildman–Crippen LogP) is 1.77. The number of hydrogen-bond donors (Lipinski definition) is 0. The van der Waals surface area contributed by atoms with Gasteiger partial charge in [0.2, 0.25) is 0 Å². The summed E-state index contributed by atoms with van der Waals surface area (Å²) in [6.45, 7) is 4.25. The van der Waals surface area contributed by atoms with Gasteiger partial charge in [0.15, 0.2) is 11.4 Å². The van der Waals surface area contributed by atoms with Crippen LogP contribution < -0.4 is 0 Å². The van der Waals surface area contributed by atoms with Crippen LogP contribution in [0.2, 0.25) is 0 Å². The van der Waals surface area contributed by atoms with Gasteiger partial charge in [-0.1, -0.05) is 0 Å². The lowest BCUT2D eigenvalue weighted by molar-refractivity contribution is 0.0299. The Balaban J connectivity index is 1.73. The second kappa shape index (κ2) is 5.51. The largest absolute Gasteiger partial charge is 0.463 e. The van der Waals surface area contributed by atoms with Crippen LogP contribution in [-0.2, 0) is 4.74 Å². The Kier molecular flexibility index (Phi) is 3.34. The van der Waals surface area contributed by atoms with Crippen LogP contribution in [0.25, 0.3) is 17.1 Å². The first-order valence-corrected chi connectivity index (χ1v) is 7.51. The number of ether oxygens (including phenoxy) is 1. The van der Waals surface area contributed by atoms with Gasteiger partial charge < -0.3 is 14.1 Å². The van der Waals surface area contributed by atoms with E-state index in [0.29, 0.717) is 49.1 Å². The third-order valence-corrected chi connectivity index (χ3v) is 3.90. The normalized spacial score (nSPS) is 15.3. The van der Waals surface area contributed by atoms with Crippen LogP contribution in [0, 0.1) is 6.92 Å². The minimum Gasteiger partial charge on any atom is -0.463 e. The summed E-state index contributed by atoms with van der Waals surface area (Å²) in [5.74, 6) is 0.607. The van der Waals surface area contributed by atoms with Gasteiger partial charge in [-0.25, -0.2) is 9.50 Å². The molecule has 7 heteroatoms. The highest BCUT2D eigenvalue weighted by atomic mass is 16.5. The summed E-state index contributed by atoms with van der Waals surface area (Å²) in [4.78, 5) is 18.8. The molecule has 0 radical (unpaired) electrons. The first-order valence-electron chi connectivity index (χ1n) is 7.51. The molecule has 118 valence electrons. The highest BCUT2D eigenvalue weighted by Gasteiger charge is 2.21. The van der Waals surface area contributed by atoms with Gasteiger partial charge in [-0.15, -0.1) is 0 Å². The number of carbonyl (C=O) groups is 1. The predicted molar refractivity (Wildman–Crippen MR) is 82.1 cm³/mol. The maximum absolute atomic E-state index is 12.6. The smallest absolute Gasteiger partial charge is 0.272 e. The summed E-state index contributed by atoms with van der Waals surface area (Å²) in [6, 6.07) is 7.25. The van der Waals surface area contributed by atoms with Crippen LogP contribution in [0.3, 0.4) is 0 Å². The van der Waals surface area contributed by atoms with Gasteiger partial charge >= 0.3 is 0 Å². The summed E-state index contributed by atoms with van der Waals surface area (Å²) in [6.07, 6.45) is 1.60. The Labute approximate surface area is 132 Å². The molecule has 7 nitrogen and oxygen atoms in total. The average Bonchev–Trinajstić information content (AvgIpc) is 3.24. The molecule has 1 aliphatic heterocycles. The number of hydrogen-bond acceptors (Lipinski definition) is 5. The number of aromatic nitrogens is 3. The Morgan fingerprint density at radius 3 is 2.83 bits per heavy atom. The number of fused-ring (bicyclic) bond motifs is 1. The third-order valence-electron chi connectivity index (χ3n) is 3.90. The van der Waals surface area contributed by atoms with Crippen molar-refractivity contribution in [2.75, 3.05) is 26.3 Å². The van der Waals surface area contributed by atoms with Crippen LogP contribution in [-0.4, -0.2) is 51.7 Å². The van der Waals surface area contributed by atoms with Gasteiger partial charge in [0.05, 0.1) is 19.5 Å². The molecule has 1 amide bonds. The monoisotopic (exact) mass is 312 g/mol. The Morgan fingerprint density at radius 2 is 2.09 bits per heavy atom. The molecule has 0 spiro atoms. The van der Waals surface area contributed by atoms with E-state index < -0.39 is 0 Å². The minimum atomic E-state index is -0.0698. The Bertz CT molecular complexity index is 848. The van der Waals surface area contributed by atoms with Crippen molar-refractivity contribution >= 4 is 11.6 Å². The number of aryl methyl sites for hydroxylation is 1. The van der Waals surface area contributed by atoms with E-state index in [0.717, 1.165) is 5.69 Å². The molecule has 0 atom stereocenters. The van der Waals surface area contributed by atoms with Crippen LogP contribution in [0.4, 0.5) is 0 Å². The molecule has 0 unspecified atom stereocenters. The van der Waals surface area contributed by atoms with E-state index in [1.807, 2.05) is 25.1 Å². The van der Waals surface area contributed by atoms with Crippen molar-refractivity contribution in [1.82, 2.24) is 19.5 Å². The highest BCUT2D eigenvalue weighted by molar-refractivity contribution is 5.93. The highest BCUT2D eigenvalue weighted by Crippen LogP contribution is 2.20. The number of amides is 1. The molecule has 4 heterocycles. The molecule has 1 fully saturated rings. The van der Waals surface area contributed by atoms with Gasteiger partial charge in [0, 0.05) is 24.8 Å². The summed E-state index contributed by atoms with van der Waals surface area (Å²) >= 11 is 0. The van der Waals surface area contributed by atoms with E-state index in [1.165, 1.54) is 0 Å². The van der Waals surface area contributed by atoms with Crippen molar-refractivity contribution in [3.05, 3.63) is 41.9 Å². The van der Waals surface area contributed by atoms with E-state index in [1.54, 1.807) is 21.7 Å². The van der Waals surface area contributed by atoms with Gasteiger partial charge in [-0.05, 0) is 25.1 Å². The molecule has 1 saturated heterocycles. The van der Waals surface area contributed by atoms with Gasteiger partial charge in [0.1, 0.15) is 11.4 Å². The fourth-order valence-electron chi connectivity index (χ4n) is 2.71. The molecule has 3 aromatic heterocycles. The molecule has 23 heavy (non-hydrogen) atoms. The molecule has 0 bridgehead atoms. The van der Waals surface area contributed by atoms with Crippen molar-refractivity contribution in [1.29, 1.82) is 0 Å². The average molecular weight is 312 g/mol. The second-order valence-electron chi connectivity index (χ2n) is 5.46. The van der Waals surface area contributed by atoms with Gasteiger partial charge in [-0.2, -0.15) is 5.10 Å². The molecule has 0 aliphatic carbocycles. The zero-order valence-electron chi connectivity index (χ0n) is 12.7. The van der Waals surface area contributed by atoms with Crippen molar-refractivity contribution in [3.63, 3.8) is 0 Å². The molecule has 4 rings (SSSR count). The summed E-state index contributed by atoms with van der Waals surface area (Å²) < 4.78 is 12.4. The maximum atomic E-state index is 12.6. The molecule has 0 aromatic carbocycles. The first-order chi connectivity index (χ1) is 11.2. The van der Waals surface area contributed by atoms with Crippen LogP contribution in [0.5, 0.6) is 0 Å². The zero-order chi connectivity index (χ0) is 15.8. The van der Waals surface area contributed by atoms with E-state index in [4.69, 9.17) is 9.15 Å². The van der Waals surface area contributed by atoms with E-state index in [9.17, 15) is 4.79 Å². The third kappa shape index (κ3) is 2.49. The van der Waals surface area contributed by atoms with E-state index >= 15 is 0 Å². The molecule has 1 aliphatic rings. The lowest BCUT2D eigenvalue weighted by atomic mass is 10.2. The standard InChI is InChI=1S/C16H16N4O3/c1-11-9-13(16(21)19-4-7-22-8-5-19)17-15-10-12(18-20(11)15)14-3-2-6-23-14/h2-3,6,9-10H,4-5,7-8H2,1H3. The summed E-state index contributed by atoms with van der Waals surface area (Å²) in [7, 11) is 0. The van der Waals surface area contributed by atoms with Crippen LogP contribution in [0.15, 0.2) is 34.9 Å². The topological polar surface area (TPSA) is 72.9 Å². The van der Waals surface area contributed by atoms with Crippen molar-refractivity contribution in [2.24, 2.45) is 0 Å². The van der Waals surface area contributed by atoms with Gasteiger partial charge in [0.25, 0.3) is 5.91 Å². The lowest BCUT2D eigenvalue weighted by Gasteiger charge is -2.26. The SMILES string of the molecule is Cc1cc(C(=O)N2CCOCC2)nc2cc(-c3ccco3)nn12. The van der Waals surface area contributed by atoms with E-state index in [2.05, 4.69) is 10.1 Å². The Morgan fingerprint density at radius 1 is 1.26 bits per heavy atom. The molecule has 0 N–H and O–H groups in total. The number of rotatable bonds is 2. The first kappa shape index (κ1) is 14.0. The number of carbonyl (C=O) groups excluding carboxylic acids is 1. The fourth-order valence-corrected chi connectivity index (χ4v) is 2.71. The molecular formula is C16H16N4O3. The van der Waals surface area contributed by atoms with Crippen LogP contribution in [0.1, 0.15) is 16.2 Å². The zero-order valence-corrected chi connectivity index (χ0v) is 12.7. The van der Waals surface area contributed by atoms with E-state index in [-0.39, 0.29) is 5.91 Å². The molecule has 3 aromatic rings. The minimum absolute atomic E-state index is 0.0698. The lowest BCUT2D eigenvalue weighted by Crippen LogP contribution is -2.41. The van der Waals surface area contributed by atoms with Crippen molar-refractivity contribution in [2.45, 2.75) is 6.92 Å². The summed E-state index contributed by atoms with van der Waals surface area (Å²) in [5.41, 5.74) is 2.61. The van der Waals surface area contributed by atoms with Crippen molar-refractivity contribution in [3.8, 4) is 11.5 Å². The maximum Gasteiger partial charge on any atom is 0.272 e. The Hall–Kier alpha value is -2.67. The molecule has 0 saturated carbocycles. The fraction of sp³-hybridized carbons (Fsp3) is 0.312. The quantitative estimate of drug-likeness (QED) is 0.721. The van der Waals surface area contributed by atoms with Crippen molar-refractivity contribution < 1.29 is 13.9 Å². The molecular weight excluding hydrogens is 296 g/mol. The second-order valence-corrected chi connectivity index (χ2v) is 5.46. The number of morpholine rings is 1. The van der Waals surface area contributed by atoms with Crippen LogP contribution >= 0.6 is 0 Å².